The number of carboxylic acid groups (broad SMARTS) is 1. The monoisotopic (exact) mass is 371 g/mol. The minimum absolute atomic E-state index is 0.174. The number of aromatic nitrogens is 4. The molecule has 0 aliphatic carbocycles. The number of thioether (sulfide) groups is 1. The van der Waals surface area contributed by atoms with E-state index in [1.54, 1.807) is 28.9 Å². The Kier molecular flexibility index (Phi) is 5.49. The van der Waals surface area contributed by atoms with Crippen molar-refractivity contribution in [3.63, 3.8) is 0 Å². The molecule has 1 aromatic heterocycles. The number of phenols is 1. The lowest BCUT2D eigenvalue weighted by molar-refractivity contribution is -0.138. The van der Waals surface area contributed by atoms with Gasteiger partial charge in [0.05, 0.1) is 5.69 Å². The van der Waals surface area contributed by atoms with E-state index in [1.807, 2.05) is 24.3 Å². The Hall–Kier alpha value is -2.91. The standard InChI is InChI=1S/C17H17N5O3S/c18-15(16(24)25)9-11-2-1-3-12(8-11)10-26-17-19-20-21-22(17)13-4-6-14(23)7-5-13/h1-8,15,23H,9-10,18H2,(H,24,25)/t15-/m0/s1. The Balaban J connectivity index is 1.69. The molecule has 0 radical (unpaired) electrons. The van der Waals surface area contributed by atoms with Gasteiger partial charge in [0.2, 0.25) is 5.16 Å². The molecular formula is C17H17N5O3S. The van der Waals surface area contributed by atoms with E-state index < -0.39 is 12.0 Å². The van der Waals surface area contributed by atoms with Crippen LogP contribution < -0.4 is 5.73 Å². The number of carboxylic acids is 1. The van der Waals surface area contributed by atoms with Crippen LogP contribution in [-0.4, -0.2) is 42.4 Å². The number of carbonyl (C=O) groups is 1. The molecule has 0 unspecified atom stereocenters. The fourth-order valence-electron chi connectivity index (χ4n) is 2.36. The first kappa shape index (κ1) is 17.9. The first-order chi connectivity index (χ1) is 12.5. The number of benzene rings is 2. The van der Waals surface area contributed by atoms with Gasteiger partial charge in [0.25, 0.3) is 0 Å². The largest absolute Gasteiger partial charge is 0.508 e. The van der Waals surface area contributed by atoms with Crippen LogP contribution in [0.15, 0.2) is 53.7 Å². The van der Waals surface area contributed by atoms with Crippen LogP contribution in [0.25, 0.3) is 5.69 Å². The van der Waals surface area contributed by atoms with Crippen LogP contribution in [0.2, 0.25) is 0 Å². The maximum atomic E-state index is 10.9. The average molecular weight is 371 g/mol. The van der Waals surface area contributed by atoms with Gasteiger partial charge < -0.3 is 15.9 Å². The van der Waals surface area contributed by atoms with Crippen molar-refractivity contribution in [3.05, 3.63) is 59.7 Å². The van der Waals surface area contributed by atoms with Crippen molar-refractivity contribution in [1.82, 2.24) is 20.2 Å². The lowest BCUT2D eigenvalue weighted by Gasteiger charge is -2.08. The number of aliphatic carboxylic acids is 1. The second kappa shape index (κ2) is 7.98. The summed E-state index contributed by atoms with van der Waals surface area (Å²) in [5.74, 6) is -0.223. The molecule has 1 atom stereocenters. The van der Waals surface area contributed by atoms with Crippen molar-refractivity contribution in [2.24, 2.45) is 5.73 Å². The van der Waals surface area contributed by atoms with E-state index in [0.29, 0.717) is 10.9 Å². The van der Waals surface area contributed by atoms with Gasteiger partial charge in [-0.3, -0.25) is 4.79 Å². The van der Waals surface area contributed by atoms with Crippen LogP contribution in [0.3, 0.4) is 0 Å². The van der Waals surface area contributed by atoms with Crippen molar-refractivity contribution < 1.29 is 15.0 Å². The molecule has 0 bridgehead atoms. The Morgan fingerprint density at radius 1 is 1.19 bits per heavy atom. The van der Waals surface area contributed by atoms with E-state index in [9.17, 15) is 9.90 Å². The number of nitrogens with zero attached hydrogens (tertiary/aromatic N) is 4. The van der Waals surface area contributed by atoms with Gasteiger partial charge in [-0.2, -0.15) is 4.68 Å². The number of tetrazole rings is 1. The summed E-state index contributed by atoms with van der Waals surface area (Å²) in [5.41, 5.74) is 8.23. The zero-order valence-corrected chi connectivity index (χ0v) is 14.5. The molecular weight excluding hydrogens is 354 g/mol. The highest BCUT2D eigenvalue weighted by Crippen LogP contribution is 2.24. The molecule has 8 nitrogen and oxygen atoms in total. The van der Waals surface area contributed by atoms with Crippen molar-refractivity contribution >= 4 is 17.7 Å². The summed E-state index contributed by atoms with van der Waals surface area (Å²) in [5, 5.41) is 30.6. The third kappa shape index (κ3) is 4.38. The van der Waals surface area contributed by atoms with Crippen molar-refractivity contribution in [3.8, 4) is 11.4 Å². The number of rotatable bonds is 7. The predicted octanol–water partition coefficient (Wildman–Crippen LogP) is 1.61. The van der Waals surface area contributed by atoms with Gasteiger partial charge in [-0.1, -0.05) is 36.0 Å². The molecule has 0 amide bonds. The smallest absolute Gasteiger partial charge is 0.320 e. The minimum Gasteiger partial charge on any atom is -0.508 e. The number of phenolic OH excluding ortho intramolecular Hbond substituents is 1. The average Bonchev–Trinajstić information content (AvgIpc) is 3.09. The highest BCUT2D eigenvalue weighted by molar-refractivity contribution is 7.98. The lowest BCUT2D eigenvalue weighted by Crippen LogP contribution is -2.32. The predicted molar refractivity (Wildman–Crippen MR) is 96.1 cm³/mol. The molecule has 2 aromatic carbocycles. The fourth-order valence-corrected chi connectivity index (χ4v) is 3.19. The summed E-state index contributed by atoms with van der Waals surface area (Å²) in [4.78, 5) is 10.9. The molecule has 134 valence electrons. The van der Waals surface area contributed by atoms with Gasteiger partial charge in [-0.25, -0.2) is 0 Å². The Morgan fingerprint density at radius 3 is 2.65 bits per heavy atom. The Morgan fingerprint density at radius 2 is 1.92 bits per heavy atom. The normalized spacial score (nSPS) is 12.0. The van der Waals surface area contributed by atoms with Crippen LogP contribution in [0.1, 0.15) is 11.1 Å². The van der Waals surface area contributed by atoms with Crippen LogP contribution in [-0.2, 0) is 17.0 Å². The van der Waals surface area contributed by atoms with Gasteiger partial charge >= 0.3 is 5.97 Å². The van der Waals surface area contributed by atoms with Crippen LogP contribution in [0, 0.1) is 0 Å². The zero-order chi connectivity index (χ0) is 18.5. The molecule has 0 fully saturated rings. The summed E-state index contributed by atoms with van der Waals surface area (Å²) in [6, 6.07) is 13.3. The highest BCUT2D eigenvalue weighted by Gasteiger charge is 2.13. The Labute approximate surface area is 153 Å². The summed E-state index contributed by atoms with van der Waals surface area (Å²) in [6.45, 7) is 0. The third-order valence-corrected chi connectivity index (χ3v) is 4.66. The molecule has 0 saturated carbocycles. The quantitative estimate of drug-likeness (QED) is 0.535. The van der Waals surface area contributed by atoms with Gasteiger partial charge in [-0.15, -0.1) is 5.10 Å². The molecule has 9 heteroatoms. The molecule has 4 N–H and O–H groups in total. The maximum Gasteiger partial charge on any atom is 0.320 e. The molecule has 0 spiro atoms. The number of hydrogen-bond donors (Lipinski definition) is 3. The van der Waals surface area contributed by atoms with E-state index in [0.717, 1.165) is 16.8 Å². The van der Waals surface area contributed by atoms with Crippen LogP contribution >= 0.6 is 11.8 Å². The summed E-state index contributed by atoms with van der Waals surface area (Å²) < 4.78 is 1.59. The fraction of sp³-hybridized carbons (Fsp3) is 0.176. The van der Waals surface area contributed by atoms with Crippen molar-refractivity contribution in [2.75, 3.05) is 0 Å². The van der Waals surface area contributed by atoms with E-state index >= 15 is 0 Å². The number of aromatic hydroxyl groups is 1. The Bertz CT molecular complexity index is 897. The van der Waals surface area contributed by atoms with E-state index in [4.69, 9.17) is 10.8 Å². The maximum absolute atomic E-state index is 10.9. The molecule has 0 aliphatic heterocycles. The molecule has 3 aromatic rings. The van der Waals surface area contributed by atoms with Crippen LogP contribution in [0.4, 0.5) is 0 Å². The molecule has 1 heterocycles. The van der Waals surface area contributed by atoms with Gasteiger partial charge in [-0.05, 0) is 52.2 Å². The van der Waals surface area contributed by atoms with Crippen LogP contribution in [0.5, 0.6) is 5.75 Å². The summed E-state index contributed by atoms with van der Waals surface area (Å²) in [7, 11) is 0. The second-order valence-electron chi connectivity index (χ2n) is 5.65. The zero-order valence-electron chi connectivity index (χ0n) is 13.7. The molecule has 0 aliphatic rings. The molecule has 0 saturated heterocycles. The van der Waals surface area contributed by atoms with Gasteiger partial charge in [0.15, 0.2) is 0 Å². The number of hydrogen-bond acceptors (Lipinski definition) is 7. The molecule has 3 rings (SSSR count). The summed E-state index contributed by atoms with van der Waals surface area (Å²) in [6.07, 6.45) is 0.277. The number of nitrogens with two attached hydrogens (primary N) is 1. The second-order valence-corrected chi connectivity index (χ2v) is 6.59. The lowest BCUT2D eigenvalue weighted by atomic mass is 10.0. The van der Waals surface area contributed by atoms with E-state index in [2.05, 4.69) is 15.5 Å². The topological polar surface area (TPSA) is 127 Å². The first-order valence-corrected chi connectivity index (χ1v) is 8.78. The van der Waals surface area contributed by atoms with Crippen molar-refractivity contribution in [1.29, 1.82) is 0 Å². The van der Waals surface area contributed by atoms with E-state index in [-0.39, 0.29) is 12.2 Å². The highest BCUT2D eigenvalue weighted by atomic mass is 32.2. The minimum atomic E-state index is -1.02. The SMILES string of the molecule is N[C@@H](Cc1cccc(CSc2nnnn2-c2ccc(O)cc2)c1)C(=O)O. The van der Waals surface area contributed by atoms with E-state index in [1.165, 1.54) is 11.8 Å². The summed E-state index contributed by atoms with van der Waals surface area (Å²) >= 11 is 1.46. The van der Waals surface area contributed by atoms with Gasteiger partial charge in [0.1, 0.15) is 11.8 Å². The first-order valence-electron chi connectivity index (χ1n) is 7.80. The van der Waals surface area contributed by atoms with Gasteiger partial charge in [0, 0.05) is 5.75 Å². The third-order valence-electron chi connectivity index (χ3n) is 3.67. The van der Waals surface area contributed by atoms with Crippen molar-refractivity contribution in [2.45, 2.75) is 23.4 Å². The molecule has 26 heavy (non-hydrogen) atoms.